The van der Waals surface area contributed by atoms with Crippen LogP contribution < -0.4 is 16.4 Å². The summed E-state index contributed by atoms with van der Waals surface area (Å²) < 4.78 is 26.8. The van der Waals surface area contributed by atoms with Crippen molar-refractivity contribution in [3.05, 3.63) is 70.3 Å². The molecule has 2 aromatic carbocycles. The van der Waals surface area contributed by atoms with Gasteiger partial charge in [0.25, 0.3) is 0 Å². The Kier molecular flexibility index (Phi) is 4.56. The van der Waals surface area contributed by atoms with Gasteiger partial charge in [-0.15, -0.1) is 0 Å². The van der Waals surface area contributed by atoms with Gasteiger partial charge in [0.1, 0.15) is 11.6 Å². The number of nitrogen functional groups attached to an aromatic ring is 1. The predicted molar refractivity (Wildman–Crippen MR) is 92.5 cm³/mol. The van der Waals surface area contributed by atoms with Crippen LogP contribution in [-0.2, 0) is 0 Å². The van der Waals surface area contributed by atoms with E-state index in [0.717, 1.165) is 0 Å². The molecular weight excluding hydrogens is 346 g/mol. The van der Waals surface area contributed by atoms with Crippen LogP contribution in [-0.4, -0.2) is 14.9 Å². The molecule has 0 spiro atoms. The number of hydrogen-bond donors (Lipinski definition) is 3. The largest absolute Gasteiger partial charge is 0.378 e. The second kappa shape index (κ2) is 6.97. The lowest BCUT2D eigenvalue weighted by Gasteiger charge is -2.11. The van der Waals surface area contributed by atoms with E-state index < -0.39 is 28.1 Å². The molecule has 0 aliphatic rings. The standard InChI is InChI=1S/C16H12F2N6O2/c17-9-5-7-10(8-6-9)20-15-13(24(25)26)14(19)22-16(23-15)21-12-4-2-1-3-11(12)18/h1-8H,(H4,19,20,21,22,23). The van der Waals surface area contributed by atoms with Crippen LogP contribution in [0.2, 0.25) is 0 Å². The summed E-state index contributed by atoms with van der Waals surface area (Å²) in [5.41, 5.74) is 5.55. The lowest BCUT2D eigenvalue weighted by atomic mass is 10.3. The van der Waals surface area contributed by atoms with Gasteiger partial charge in [-0.2, -0.15) is 9.97 Å². The Bertz CT molecular complexity index is 965. The average Bonchev–Trinajstić information content (AvgIpc) is 2.58. The third kappa shape index (κ3) is 3.64. The molecule has 3 rings (SSSR count). The summed E-state index contributed by atoms with van der Waals surface area (Å²) in [6.07, 6.45) is 0. The minimum Gasteiger partial charge on any atom is -0.378 e. The number of nitrogens with zero attached hydrogens (tertiary/aromatic N) is 3. The highest BCUT2D eigenvalue weighted by atomic mass is 19.1. The van der Waals surface area contributed by atoms with Gasteiger partial charge in [0.2, 0.25) is 17.6 Å². The smallest absolute Gasteiger partial charge is 0.353 e. The molecule has 0 aliphatic carbocycles. The van der Waals surface area contributed by atoms with E-state index in [1.54, 1.807) is 6.07 Å². The van der Waals surface area contributed by atoms with E-state index in [2.05, 4.69) is 20.6 Å². The Morgan fingerprint density at radius 1 is 1.00 bits per heavy atom. The van der Waals surface area contributed by atoms with Crippen LogP contribution in [0.4, 0.5) is 43.4 Å². The van der Waals surface area contributed by atoms with Gasteiger partial charge in [-0.1, -0.05) is 12.1 Å². The van der Waals surface area contributed by atoms with Gasteiger partial charge in [-0.05, 0) is 36.4 Å². The van der Waals surface area contributed by atoms with Crippen LogP contribution in [0.3, 0.4) is 0 Å². The molecule has 0 aliphatic heterocycles. The maximum absolute atomic E-state index is 13.8. The van der Waals surface area contributed by atoms with Crippen molar-refractivity contribution in [1.82, 2.24) is 9.97 Å². The molecule has 1 aromatic heterocycles. The van der Waals surface area contributed by atoms with Crippen LogP contribution in [0, 0.1) is 21.7 Å². The number of anilines is 5. The molecule has 0 saturated carbocycles. The molecule has 0 bridgehead atoms. The number of rotatable bonds is 5. The van der Waals surface area contributed by atoms with Crippen molar-refractivity contribution in [2.45, 2.75) is 0 Å². The number of nitrogens with one attached hydrogen (secondary N) is 2. The summed E-state index contributed by atoms with van der Waals surface area (Å²) in [4.78, 5) is 18.3. The molecular formula is C16H12F2N6O2. The number of hydrogen-bond acceptors (Lipinski definition) is 7. The molecule has 0 fully saturated rings. The van der Waals surface area contributed by atoms with Gasteiger partial charge in [0, 0.05) is 5.69 Å². The lowest BCUT2D eigenvalue weighted by Crippen LogP contribution is -2.09. The molecule has 132 valence electrons. The average molecular weight is 358 g/mol. The van der Waals surface area contributed by atoms with E-state index in [1.165, 1.54) is 42.5 Å². The molecule has 0 unspecified atom stereocenters. The third-order valence-corrected chi connectivity index (χ3v) is 3.32. The molecule has 1 heterocycles. The summed E-state index contributed by atoms with van der Waals surface area (Å²) in [6, 6.07) is 10.9. The first-order valence-electron chi connectivity index (χ1n) is 7.30. The zero-order valence-electron chi connectivity index (χ0n) is 13.1. The molecule has 8 nitrogen and oxygen atoms in total. The van der Waals surface area contributed by atoms with Crippen molar-refractivity contribution in [1.29, 1.82) is 0 Å². The quantitative estimate of drug-likeness (QED) is 0.469. The Hall–Kier alpha value is -3.82. The molecule has 4 N–H and O–H groups in total. The third-order valence-electron chi connectivity index (χ3n) is 3.32. The second-order valence-electron chi connectivity index (χ2n) is 5.12. The minimum atomic E-state index is -0.742. The first kappa shape index (κ1) is 17.0. The van der Waals surface area contributed by atoms with E-state index in [1.807, 2.05) is 0 Å². The monoisotopic (exact) mass is 358 g/mol. The van der Waals surface area contributed by atoms with Crippen molar-refractivity contribution in [2.75, 3.05) is 16.4 Å². The second-order valence-corrected chi connectivity index (χ2v) is 5.12. The summed E-state index contributed by atoms with van der Waals surface area (Å²) in [5, 5.41) is 16.6. The van der Waals surface area contributed by atoms with Gasteiger partial charge in [-0.25, -0.2) is 8.78 Å². The SMILES string of the molecule is Nc1nc(Nc2ccccc2F)nc(Nc2ccc(F)cc2)c1[N+](=O)[O-]. The van der Waals surface area contributed by atoms with Crippen LogP contribution in [0.15, 0.2) is 48.5 Å². The Labute approximate surface area is 145 Å². The van der Waals surface area contributed by atoms with Crippen LogP contribution in [0.5, 0.6) is 0 Å². The highest BCUT2D eigenvalue weighted by Gasteiger charge is 2.23. The van der Waals surface area contributed by atoms with Crippen LogP contribution >= 0.6 is 0 Å². The first-order valence-corrected chi connectivity index (χ1v) is 7.30. The van der Waals surface area contributed by atoms with Crippen molar-refractivity contribution in [3.8, 4) is 0 Å². The lowest BCUT2D eigenvalue weighted by molar-refractivity contribution is -0.383. The molecule has 26 heavy (non-hydrogen) atoms. The zero-order chi connectivity index (χ0) is 18.7. The minimum absolute atomic E-state index is 0.0773. The van der Waals surface area contributed by atoms with Gasteiger partial charge >= 0.3 is 5.69 Å². The van der Waals surface area contributed by atoms with Gasteiger partial charge in [0.15, 0.2) is 0 Å². The van der Waals surface area contributed by atoms with E-state index in [0.29, 0.717) is 5.69 Å². The summed E-state index contributed by atoms with van der Waals surface area (Å²) in [6.45, 7) is 0. The maximum Gasteiger partial charge on any atom is 0.353 e. The number of nitrogens with two attached hydrogens (primary N) is 1. The fraction of sp³-hybridized carbons (Fsp3) is 0. The van der Waals surface area contributed by atoms with Gasteiger partial charge in [0.05, 0.1) is 10.6 Å². The van der Waals surface area contributed by atoms with Crippen molar-refractivity contribution >= 4 is 34.6 Å². The van der Waals surface area contributed by atoms with E-state index in [-0.39, 0.29) is 17.5 Å². The number of nitro groups is 1. The van der Waals surface area contributed by atoms with Crippen molar-refractivity contribution in [2.24, 2.45) is 0 Å². The van der Waals surface area contributed by atoms with Crippen molar-refractivity contribution in [3.63, 3.8) is 0 Å². The number of para-hydroxylation sites is 1. The van der Waals surface area contributed by atoms with E-state index in [9.17, 15) is 18.9 Å². The highest BCUT2D eigenvalue weighted by molar-refractivity contribution is 5.75. The molecule has 0 atom stereocenters. The predicted octanol–water partition coefficient (Wildman–Crippen LogP) is 3.73. The zero-order valence-corrected chi connectivity index (χ0v) is 13.1. The number of aromatic nitrogens is 2. The maximum atomic E-state index is 13.8. The first-order chi connectivity index (χ1) is 12.4. The van der Waals surface area contributed by atoms with E-state index >= 15 is 0 Å². The molecule has 0 amide bonds. The molecule has 0 radical (unpaired) electrons. The van der Waals surface area contributed by atoms with Crippen LogP contribution in [0.1, 0.15) is 0 Å². The summed E-state index contributed by atoms with van der Waals surface area (Å²) >= 11 is 0. The molecule has 10 heteroatoms. The topological polar surface area (TPSA) is 119 Å². The fourth-order valence-electron chi connectivity index (χ4n) is 2.15. The van der Waals surface area contributed by atoms with Crippen LogP contribution in [0.25, 0.3) is 0 Å². The van der Waals surface area contributed by atoms with E-state index in [4.69, 9.17) is 5.73 Å². The Morgan fingerprint density at radius 3 is 2.35 bits per heavy atom. The summed E-state index contributed by atoms with van der Waals surface area (Å²) in [7, 11) is 0. The van der Waals surface area contributed by atoms with Gasteiger partial charge < -0.3 is 16.4 Å². The van der Waals surface area contributed by atoms with Gasteiger partial charge in [-0.3, -0.25) is 10.1 Å². The number of benzene rings is 2. The Morgan fingerprint density at radius 2 is 1.69 bits per heavy atom. The molecule has 0 saturated heterocycles. The summed E-state index contributed by atoms with van der Waals surface area (Å²) in [5.74, 6) is -1.78. The number of halogens is 2. The highest BCUT2D eigenvalue weighted by Crippen LogP contribution is 2.32. The fourth-order valence-corrected chi connectivity index (χ4v) is 2.15. The normalized spacial score (nSPS) is 10.4. The van der Waals surface area contributed by atoms with Crippen molar-refractivity contribution < 1.29 is 13.7 Å². The molecule has 3 aromatic rings. The Balaban J connectivity index is 2.00.